The highest BCUT2D eigenvalue weighted by atomic mass is 16.3. The standard InChI is InChI=1S/C20H19NO3/c1-13-2-3-16(11-19(13)23)21-8-6-14-10-17(22)4-5-18(14)20(21)15-7-9-24-12-15/h2-5,7,9-12,20,22-23H,6,8H2,1H3. The quantitative estimate of drug-likeness (QED) is 0.744. The van der Waals surface area contributed by atoms with Gasteiger partial charge in [0, 0.05) is 23.9 Å². The Labute approximate surface area is 140 Å². The van der Waals surface area contributed by atoms with Gasteiger partial charge in [0.25, 0.3) is 0 Å². The summed E-state index contributed by atoms with van der Waals surface area (Å²) in [5.74, 6) is 0.594. The molecule has 4 rings (SSSR count). The molecular weight excluding hydrogens is 302 g/mol. The van der Waals surface area contributed by atoms with Crippen molar-refractivity contribution in [3.63, 3.8) is 0 Å². The van der Waals surface area contributed by atoms with E-state index in [1.807, 2.05) is 43.3 Å². The molecule has 2 aromatic carbocycles. The second-order valence-electron chi connectivity index (χ2n) is 6.26. The molecule has 4 heteroatoms. The molecule has 2 heterocycles. The van der Waals surface area contributed by atoms with Gasteiger partial charge in [-0.25, -0.2) is 0 Å². The van der Waals surface area contributed by atoms with Crippen molar-refractivity contribution in [2.24, 2.45) is 0 Å². The Morgan fingerprint density at radius 1 is 1.08 bits per heavy atom. The van der Waals surface area contributed by atoms with E-state index < -0.39 is 0 Å². The molecule has 0 aliphatic carbocycles. The second-order valence-corrected chi connectivity index (χ2v) is 6.26. The smallest absolute Gasteiger partial charge is 0.120 e. The largest absolute Gasteiger partial charge is 0.508 e. The maximum absolute atomic E-state index is 10.1. The molecule has 0 radical (unpaired) electrons. The van der Waals surface area contributed by atoms with Crippen molar-refractivity contribution in [3.8, 4) is 11.5 Å². The summed E-state index contributed by atoms with van der Waals surface area (Å²) in [5.41, 5.74) is 5.19. The van der Waals surface area contributed by atoms with Gasteiger partial charge in [0.2, 0.25) is 0 Å². The molecule has 1 aliphatic rings. The summed E-state index contributed by atoms with van der Waals surface area (Å²) >= 11 is 0. The van der Waals surface area contributed by atoms with E-state index in [0.29, 0.717) is 11.5 Å². The zero-order valence-electron chi connectivity index (χ0n) is 13.4. The highest BCUT2D eigenvalue weighted by Crippen LogP contribution is 2.40. The van der Waals surface area contributed by atoms with Gasteiger partial charge >= 0.3 is 0 Å². The predicted octanol–water partition coefficient (Wildman–Crippen LogP) is 4.15. The lowest BCUT2D eigenvalue weighted by Crippen LogP contribution is -2.36. The van der Waals surface area contributed by atoms with Crippen LogP contribution in [0.2, 0.25) is 0 Å². The van der Waals surface area contributed by atoms with E-state index in [-0.39, 0.29) is 6.04 Å². The van der Waals surface area contributed by atoms with Crippen molar-refractivity contribution in [1.82, 2.24) is 0 Å². The van der Waals surface area contributed by atoms with Crippen molar-refractivity contribution in [3.05, 3.63) is 77.2 Å². The van der Waals surface area contributed by atoms with E-state index in [4.69, 9.17) is 4.42 Å². The number of aromatic hydroxyl groups is 2. The number of hydrogen-bond acceptors (Lipinski definition) is 4. The molecule has 1 aromatic heterocycles. The minimum Gasteiger partial charge on any atom is -0.508 e. The van der Waals surface area contributed by atoms with E-state index in [2.05, 4.69) is 4.90 Å². The van der Waals surface area contributed by atoms with Crippen LogP contribution in [-0.2, 0) is 6.42 Å². The fraction of sp³-hybridized carbons (Fsp3) is 0.200. The maximum Gasteiger partial charge on any atom is 0.120 e. The van der Waals surface area contributed by atoms with Crippen LogP contribution in [0.25, 0.3) is 0 Å². The fourth-order valence-corrected chi connectivity index (χ4v) is 3.46. The molecule has 1 atom stereocenters. The Kier molecular flexibility index (Phi) is 3.45. The summed E-state index contributed by atoms with van der Waals surface area (Å²) in [6.45, 7) is 2.69. The predicted molar refractivity (Wildman–Crippen MR) is 92.6 cm³/mol. The van der Waals surface area contributed by atoms with Crippen LogP contribution in [-0.4, -0.2) is 16.8 Å². The Morgan fingerprint density at radius 3 is 2.71 bits per heavy atom. The van der Waals surface area contributed by atoms with Gasteiger partial charge in [0.05, 0.1) is 18.6 Å². The monoisotopic (exact) mass is 321 g/mol. The summed E-state index contributed by atoms with van der Waals surface area (Å²) in [7, 11) is 0. The molecule has 0 saturated heterocycles. The van der Waals surface area contributed by atoms with Crippen LogP contribution in [0, 0.1) is 6.92 Å². The minimum absolute atomic E-state index is 0.00444. The number of nitrogens with zero attached hydrogens (tertiary/aromatic N) is 1. The van der Waals surface area contributed by atoms with Gasteiger partial charge in [-0.1, -0.05) is 12.1 Å². The number of rotatable bonds is 2. The van der Waals surface area contributed by atoms with E-state index in [1.54, 1.807) is 18.6 Å². The van der Waals surface area contributed by atoms with Crippen molar-refractivity contribution in [1.29, 1.82) is 0 Å². The Morgan fingerprint density at radius 2 is 1.96 bits per heavy atom. The summed E-state index contributed by atoms with van der Waals surface area (Å²) in [4.78, 5) is 2.27. The topological polar surface area (TPSA) is 56.8 Å². The average Bonchev–Trinajstić information content (AvgIpc) is 3.10. The number of furan rings is 1. The zero-order chi connectivity index (χ0) is 16.7. The minimum atomic E-state index is -0.00444. The first-order valence-electron chi connectivity index (χ1n) is 8.03. The average molecular weight is 321 g/mol. The molecule has 0 spiro atoms. The zero-order valence-corrected chi connectivity index (χ0v) is 13.4. The van der Waals surface area contributed by atoms with Crippen molar-refractivity contribution in [2.75, 3.05) is 11.4 Å². The van der Waals surface area contributed by atoms with Gasteiger partial charge in [0.15, 0.2) is 0 Å². The maximum atomic E-state index is 10.1. The molecule has 3 aromatic rings. The second kappa shape index (κ2) is 5.64. The third kappa shape index (κ3) is 2.40. The first-order chi connectivity index (χ1) is 11.6. The normalized spacial score (nSPS) is 16.9. The third-order valence-electron chi connectivity index (χ3n) is 4.74. The van der Waals surface area contributed by atoms with E-state index in [0.717, 1.165) is 40.9 Å². The van der Waals surface area contributed by atoms with Crippen LogP contribution < -0.4 is 4.90 Å². The number of phenolic OH excluding ortho intramolecular Hbond substituents is 2. The SMILES string of the molecule is Cc1ccc(N2CCc3cc(O)ccc3C2c2ccoc2)cc1O. The summed E-state index contributed by atoms with van der Waals surface area (Å²) < 4.78 is 5.31. The first kappa shape index (κ1) is 14.7. The van der Waals surface area contributed by atoms with Gasteiger partial charge < -0.3 is 19.5 Å². The molecule has 1 aliphatic heterocycles. The van der Waals surface area contributed by atoms with Gasteiger partial charge in [0.1, 0.15) is 11.5 Å². The molecule has 4 nitrogen and oxygen atoms in total. The van der Waals surface area contributed by atoms with Crippen LogP contribution in [0.4, 0.5) is 5.69 Å². The van der Waals surface area contributed by atoms with Crippen LogP contribution in [0.5, 0.6) is 11.5 Å². The molecule has 1 unspecified atom stereocenters. The molecule has 0 bridgehead atoms. The van der Waals surface area contributed by atoms with Crippen molar-refractivity contribution in [2.45, 2.75) is 19.4 Å². The number of benzene rings is 2. The lowest BCUT2D eigenvalue weighted by molar-refractivity contribution is 0.470. The van der Waals surface area contributed by atoms with Gasteiger partial charge in [-0.15, -0.1) is 0 Å². The van der Waals surface area contributed by atoms with E-state index in [9.17, 15) is 10.2 Å². The van der Waals surface area contributed by atoms with Crippen molar-refractivity contribution < 1.29 is 14.6 Å². The molecule has 122 valence electrons. The Hall–Kier alpha value is -2.88. The number of anilines is 1. The van der Waals surface area contributed by atoms with Crippen LogP contribution in [0.15, 0.2) is 59.4 Å². The van der Waals surface area contributed by atoms with E-state index >= 15 is 0 Å². The van der Waals surface area contributed by atoms with Crippen molar-refractivity contribution >= 4 is 5.69 Å². The summed E-state index contributed by atoms with van der Waals surface area (Å²) in [5, 5.41) is 19.9. The van der Waals surface area contributed by atoms with E-state index in [1.165, 1.54) is 0 Å². The number of hydrogen-bond donors (Lipinski definition) is 2. The molecule has 0 amide bonds. The fourth-order valence-electron chi connectivity index (χ4n) is 3.46. The third-order valence-corrected chi connectivity index (χ3v) is 4.74. The van der Waals surface area contributed by atoms with Gasteiger partial charge in [-0.2, -0.15) is 0 Å². The lowest BCUT2D eigenvalue weighted by atomic mass is 9.88. The number of phenols is 2. The molecule has 24 heavy (non-hydrogen) atoms. The lowest BCUT2D eigenvalue weighted by Gasteiger charge is -2.39. The molecular formula is C20H19NO3. The van der Waals surface area contributed by atoms with Gasteiger partial charge in [-0.3, -0.25) is 0 Å². The van der Waals surface area contributed by atoms with Crippen LogP contribution in [0.3, 0.4) is 0 Å². The van der Waals surface area contributed by atoms with Gasteiger partial charge in [-0.05, 0) is 54.3 Å². The van der Waals surface area contributed by atoms with Crippen LogP contribution >= 0.6 is 0 Å². The number of fused-ring (bicyclic) bond motifs is 1. The highest BCUT2D eigenvalue weighted by Gasteiger charge is 2.30. The molecule has 0 saturated carbocycles. The number of aryl methyl sites for hydroxylation is 1. The summed E-state index contributed by atoms with van der Waals surface area (Å²) in [6, 6.07) is 13.3. The summed E-state index contributed by atoms with van der Waals surface area (Å²) in [6.07, 6.45) is 4.27. The van der Waals surface area contributed by atoms with Crippen LogP contribution in [0.1, 0.15) is 28.3 Å². The Bertz CT molecular complexity index is 871. The molecule has 2 N–H and O–H groups in total. The Balaban J connectivity index is 1.84. The highest BCUT2D eigenvalue weighted by molar-refractivity contribution is 5.59. The first-order valence-corrected chi connectivity index (χ1v) is 8.03. The molecule has 0 fully saturated rings.